The van der Waals surface area contributed by atoms with Crippen molar-refractivity contribution in [3.63, 3.8) is 0 Å². The summed E-state index contributed by atoms with van der Waals surface area (Å²) in [5, 5.41) is 7.61. The molecule has 0 aliphatic heterocycles. The summed E-state index contributed by atoms with van der Waals surface area (Å²) in [6, 6.07) is 7.28. The Balaban J connectivity index is 2.90. The third kappa shape index (κ3) is 2.19. The Labute approximate surface area is 83.2 Å². The third-order valence-electron chi connectivity index (χ3n) is 1.89. The van der Waals surface area contributed by atoms with E-state index in [1.807, 2.05) is 19.1 Å². The second-order valence-corrected chi connectivity index (χ2v) is 2.91. The Bertz CT molecular complexity index is 358. The average Bonchev–Trinajstić information content (AvgIpc) is 2.18. The van der Waals surface area contributed by atoms with Crippen LogP contribution in [0, 0.1) is 12.3 Å². The van der Waals surface area contributed by atoms with Crippen LogP contribution in [0.5, 0.6) is 0 Å². The third-order valence-corrected chi connectivity index (χ3v) is 1.89. The van der Waals surface area contributed by atoms with Gasteiger partial charge in [0.05, 0.1) is 6.61 Å². The number of hydrogen-bond donors (Lipinski definition) is 1. The highest BCUT2D eigenvalue weighted by molar-refractivity contribution is 6.42. The van der Waals surface area contributed by atoms with Gasteiger partial charge in [-0.3, -0.25) is 5.41 Å². The fraction of sp³-hybridized carbons (Fsp3) is 0.273. The molecule has 1 aromatic rings. The maximum Gasteiger partial charge on any atom is 0.356 e. The van der Waals surface area contributed by atoms with Crippen LogP contribution in [0.15, 0.2) is 24.3 Å². The van der Waals surface area contributed by atoms with E-state index in [4.69, 9.17) is 10.1 Å². The molecule has 0 fully saturated rings. The zero-order valence-electron chi connectivity index (χ0n) is 8.33. The minimum Gasteiger partial charge on any atom is -0.461 e. The number of aryl methyl sites for hydroxylation is 1. The van der Waals surface area contributed by atoms with Gasteiger partial charge in [-0.15, -0.1) is 0 Å². The van der Waals surface area contributed by atoms with Crippen molar-refractivity contribution in [3.05, 3.63) is 35.4 Å². The van der Waals surface area contributed by atoms with E-state index in [2.05, 4.69) is 0 Å². The predicted molar refractivity (Wildman–Crippen MR) is 54.6 cm³/mol. The minimum absolute atomic E-state index is 0.0787. The molecule has 0 aromatic heterocycles. The van der Waals surface area contributed by atoms with Crippen molar-refractivity contribution < 1.29 is 9.53 Å². The van der Waals surface area contributed by atoms with Gasteiger partial charge in [-0.1, -0.05) is 24.3 Å². The standard InChI is InChI=1S/C11H13NO2/c1-3-14-11(13)10(12)9-7-5-4-6-8(9)2/h4-7,12H,3H2,1-2H3. The van der Waals surface area contributed by atoms with Crippen LogP contribution >= 0.6 is 0 Å². The molecule has 74 valence electrons. The maximum absolute atomic E-state index is 11.2. The molecule has 0 bridgehead atoms. The Hall–Kier alpha value is -1.64. The molecule has 14 heavy (non-hydrogen) atoms. The van der Waals surface area contributed by atoms with E-state index in [0.717, 1.165) is 5.56 Å². The molecule has 1 N–H and O–H groups in total. The average molecular weight is 191 g/mol. The van der Waals surface area contributed by atoms with E-state index in [1.54, 1.807) is 19.1 Å². The fourth-order valence-corrected chi connectivity index (χ4v) is 1.17. The molecule has 0 amide bonds. The summed E-state index contributed by atoms with van der Waals surface area (Å²) in [6.45, 7) is 3.89. The van der Waals surface area contributed by atoms with Gasteiger partial charge >= 0.3 is 5.97 Å². The lowest BCUT2D eigenvalue weighted by atomic mass is 10.0. The summed E-state index contributed by atoms with van der Waals surface area (Å²) in [5.41, 5.74) is 1.46. The molecule has 0 unspecified atom stereocenters. The maximum atomic E-state index is 11.2. The quantitative estimate of drug-likeness (QED) is 0.586. The van der Waals surface area contributed by atoms with E-state index in [0.29, 0.717) is 12.2 Å². The van der Waals surface area contributed by atoms with Crippen molar-refractivity contribution in [1.82, 2.24) is 0 Å². The molecule has 0 saturated carbocycles. The molecule has 0 aliphatic carbocycles. The van der Waals surface area contributed by atoms with Gasteiger partial charge in [0.2, 0.25) is 0 Å². The van der Waals surface area contributed by atoms with Gasteiger partial charge in [-0.2, -0.15) is 0 Å². The van der Waals surface area contributed by atoms with Gasteiger partial charge in [0.25, 0.3) is 0 Å². The van der Waals surface area contributed by atoms with Gasteiger partial charge in [0.1, 0.15) is 5.71 Å². The summed E-state index contributed by atoms with van der Waals surface area (Å²) in [6.07, 6.45) is 0. The predicted octanol–water partition coefficient (Wildman–Crippen LogP) is 1.93. The normalized spacial score (nSPS) is 9.57. The lowest BCUT2D eigenvalue weighted by molar-refractivity contribution is -0.135. The SMILES string of the molecule is CCOC(=O)C(=N)c1ccccc1C. The van der Waals surface area contributed by atoms with Crippen LogP contribution in [0.2, 0.25) is 0 Å². The molecule has 0 atom stereocenters. The Morgan fingerprint density at radius 2 is 2.07 bits per heavy atom. The second-order valence-electron chi connectivity index (χ2n) is 2.91. The molecular weight excluding hydrogens is 178 g/mol. The molecule has 3 nitrogen and oxygen atoms in total. The summed E-state index contributed by atoms with van der Waals surface area (Å²) >= 11 is 0. The number of ether oxygens (including phenoxy) is 1. The van der Waals surface area contributed by atoms with Gasteiger partial charge in [0.15, 0.2) is 0 Å². The Kier molecular flexibility index (Phi) is 3.40. The number of carbonyl (C=O) groups excluding carboxylic acids is 1. The highest BCUT2D eigenvalue weighted by Gasteiger charge is 2.13. The largest absolute Gasteiger partial charge is 0.461 e. The molecule has 0 radical (unpaired) electrons. The number of benzene rings is 1. The van der Waals surface area contributed by atoms with Crippen LogP contribution in [0.25, 0.3) is 0 Å². The Morgan fingerprint density at radius 1 is 1.43 bits per heavy atom. The molecular formula is C11H13NO2. The van der Waals surface area contributed by atoms with Gasteiger partial charge in [0, 0.05) is 5.56 Å². The van der Waals surface area contributed by atoms with E-state index >= 15 is 0 Å². The number of nitrogens with one attached hydrogen (secondary N) is 1. The monoisotopic (exact) mass is 191 g/mol. The van der Waals surface area contributed by atoms with Crippen molar-refractivity contribution in [2.45, 2.75) is 13.8 Å². The molecule has 0 spiro atoms. The highest BCUT2D eigenvalue weighted by atomic mass is 16.5. The lowest BCUT2D eigenvalue weighted by Gasteiger charge is -2.05. The van der Waals surface area contributed by atoms with Crippen LogP contribution in [0.1, 0.15) is 18.1 Å². The van der Waals surface area contributed by atoms with Crippen LogP contribution in [0.4, 0.5) is 0 Å². The highest BCUT2D eigenvalue weighted by Crippen LogP contribution is 2.08. The molecule has 0 saturated heterocycles. The van der Waals surface area contributed by atoms with Crippen LogP contribution in [-0.2, 0) is 9.53 Å². The number of rotatable bonds is 3. The first-order valence-corrected chi connectivity index (χ1v) is 4.48. The first-order valence-electron chi connectivity index (χ1n) is 4.48. The lowest BCUT2D eigenvalue weighted by Crippen LogP contribution is -2.18. The van der Waals surface area contributed by atoms with Crippen molar-refractivity contribution >= 4 is 11.7 Å². The van der Waals surface area contributed by atoms with E-state index in [9.17, 15) is 4.79 Å². The van der Waals surface area contributed by atoms with Crippen molar-refractivity contribution in [1.29, 1.82) is 5.41 Å². The summed E-state index contributed by atoms with van der Waals surface area (Å²) in [5.74, 6) is -0.568. The van der Waals surface area contributed by atoms with Crippen LogP contribution < -0.4 is 0 Å². The van der Waals surface area contributed by atoms with E-state index in [-0.39, 0.29) is 5.71 Å². The van der Waals surface area contributed by atoms with Crippen molar-refractivity contribution in [2.24, 2.45) is 0 Å². The topological polar surface area (TPSA) is 50.2 Å². The molecule has 1 aromatic carbocycles. The zero-order valence-corrected chi connectivity index (χ0v) is 8.33. The molecule has 0 heterocycles. The summed E-state index contributed by atoms with van der Waals surface area (Å²) < 4.78 is 4.75. The van der Waals surface area contributed by atoms with Gasteiger partial charge in [-0.05, 0) is 19.4 Å². The summed E-state index contributed by atoms with van der Waals surface area (Å²) in [4.78, 5) is 11.2. The van der Waals surface area contributed by atoms with Gasteiger partial charge in [-0.25, -0.2) is 4.79 Å². The summed E-state index contributed by atoms with van der Waals surface area (Å²) in [7, 11) is 0. The number of hydrogen-bond acceptors (Lipinski definition) is 3. The number of esters is 1. The van der Waals surface area contributed by atoms with Crippen molar-refractivity contribution in [2.75, 3.05) is 6.61 Å². The second kappa shape index (κ2) is 4.56. The molecule has 0 aliphatic rings. The van der Waals surface area contributed by atoms with E-state index < -0.39 is 5.97 Å². The zero-order chi connectivity index (χ0) is 10.6. The molecule has 3 heteroatoms. The van der Waals surface area contributed by atoms with Gasteiger partial charge < -0.3 is 4.74 Å². The number of carbonyl (C=O) groups is 1. The smallest absolute Gasteiger partial charge is 0.356 e. The minimum atomic E-state index is -0.568. The van der Waals surface area contributed by atoms with Crippen LogP contribution in [0.3, 0.4) is 0 Å². The molecule has 1 rings (SSSR count). The first-order chi connectivity index (χ1) is 6.66. The van der Waals surface area contributed by atoms with Crippen LogP contribution in [-0.4, -0.2) is 18.3 Å². The fourth-order valence-electron chi connectivity index (χ4n) is 1.17. The van der Waals surface area contributed by atoms with Crippen molar-refractivity contribution in [3.8, 4) is 0 Å². The van der Waals surface area contributed by atoms with E-state index in [1.165, 1.54) is 0 Å². The first kappa shape index (κ1) is 10.4. The Morgan fingerprint density at radius 3 is 2.64 bits per heavy atom.